The van der Waals surface area contributed by atoms with Gasteiger partial charge in [-0.15, -0.1) is 0 Å². The highest BCUT2D eigenvalue weighted by atomic mass is 16.5. The number of hydrogen-bond donors (Lipinski definition) is 1. The molecule has 0 fully saturated rings. The Morgan fingerprint density at radius 1 is 1.35 bits per heavy atom. The summed E-state index contributed by atoms with van der Waals surface area (Å²) < 4.78 is 5.70. The van der Waals surface area contributed by atoms with Crippen molar-refractivity contribution in [2.45, 2.75) is 40.7 Å². The van der Waals surface area contributed by atoms with Gasteiger partial charge < -0.3 is 10.1 Å². The lowest BCUT2D eigenvalue weighted by atomic mass is 9.93. The van der Waals surface area contributed by atoms with Gasteiger partial charge in [-0.05, 0) is 24.8 Å². The van der Waals surface area contributed by atoms with E-state index >= 15 is 0 Å². The number of anilines is 1. The van der Waals surface area contributed by atoms with Gasteiger partial charge in [-0.25, -0.2) is 4.98 Å². The average molecular weight is 236 g/mol. The van der Waals surface area contributed by atoms with Gasteiger partial charge in [0.15, 0.2) is 0 Å². The van der Waals surface area contributed by atoms with Crippen LogP contribution in [0.4, 0.5) is 5.82 Å². The van der Waals surface area contributed by atoms with Crippen molar-refractivity contribution in [2.24, 2.45) is 5.41 Å². The first kappa shape index (κ1) is 14.0. The second-order valence-electron chi connectivity index (χ2n) is 5.40. The normalized spacial score (nSPS) is 11.5. The Morgan fingerprint density at radius 2 is 2.12 bits per heavy atom. The van der Waals surface area contributed by atoms with Gasteiger partial charge in [0.25, 0.3) is 0 Å². The lowest BCUT2D eigenvalue weighted by Gasteiger charge is -2.18. The maximum absolute atomic E-state index is 5.70. The smallest absolute Gasteiger partial charge is 0.131 e. The molecule has 3 heteroatoms. The zero-order valence-electron chi connectivity index (χ0n) is 11.4. The van der Waals surface area contributed by atoms with E-state index in [0.717, 1.165) is 31.0 Å². The minimum absolute atomic E-state index is 0.333. The van der Waals surface area contributed by atoms with Crippen molar-refractivity contribution in [2.75, 3.05) is 18.5 Å². The Hall–Kier alpha value is -1.09. The molecule has 0 spiro atoms. The van der Waals surface area contributed by atoms with Crippen molar-refractivity contribution in [3.8, 4) is 0 Å². The third kappa shape index (κ3) is 5.68. The molecule has 0 aliphatic carbocycles. The van der Waals surface area contributed by atoms with E-state index in [9.17, 15) is 0 Å². The SMILES string of the molecule is CCNc1ncccc1COCCC(C)(C)C. The van der Waals surface area contributed by atoms with Gasteiger partial charge in [0.05, 0.1) is 6.61 Å². The van der Waals surface area contributed by atoms with Crippen LogP contribution in [-0.2, 0) is 11.3 Å². The van der Waals surface area contributed by atoms with Crippen LogP contribution in [0.5, 0.6) is 0 Å². The largest absolute Gasteiger partial charge is 0.377 e. The molecule has 1 aromatic rings. The molecule has 0 saturated heterocycles. The predicted molar refractivity (Wildman–Crippen MR) is 72.1 cm³/mol. The van der Waals surface area contributed by atoms with Crippen molar-refractivity contribution in [3.05, 3.63) is 23.9 Å². The van der Waals surface area contributed by atoms with E-state index in [1.807, 2.05) is 6.07 Å². The zero-order valence-corrected chi connectivity index (χ0v) is 11.4. The summed E-state index contributed by atoms with van der Waals surface area (Å²) in [7, 11) is 0. The predicted octanol–water partition coefficient (Wildman–Crippen LogP) is 3.47. The molecule has 0 radical (unpaired) electrons. The van der Waals surface area contributed by atoms with Gasteiger partial charge in [0, 0.05) is 24.9 Å². The summed E-state index contributed by atoms with van der Waals surface area (Å²) in [4.78, 5) is 4.30. The molecule has 0 bridgehead atoms. The van der Waals surface area contributed by atoms with Crippen LogP contribution in [0.1, 0.15) is 39.7 Å². The lowest BCUT2D eigenvalue weighted by molar-refractivity contribution is 0.0964. The van der Waals surface area contributed by atoms with E-state index in [-0.39, 0.29) is 0 Å². The van der Waals surface area contributed by atoms with E-state index in [1.54, 1.807) is 6.20 Å². The van der Waals surface area contributed by atoms with Crippen molar-refractivity contribution in [1.29, 1.82) is 0 Å². The molecule has 1 N–H and O–H groups in total. The van der Waals surface area contributed by atoms with E-state index in [2.05, 4.69) is 44.1 Å². The summed E-state index contributed by atoms with van der Waals surface area (Å²) in [5.41, 5.74) is 1.46. The van der Waals surface area contributed by atoms with Crippen LogP contribution < -0.4 is 5.32 Å². The molecule has 0 amide bonds. The highest BCUT2D eigenvalue weighted by molar-refractivity contribution is 5.42. The first-order valence-corrected chi connectivity index (χ1v) is 6.28. The zero-order chi connectivity index (χ0) is 12.7. The average Bonchev–Trinajstić information content (AvgIpc) is 2.25. The van der Waals surface area contributed by atoms with Crippen molar-refractivity contribution >= 4 is 5.82 Å². The molecular formula is C14H24N2O. The first-order valence-electron chi connectivity index (χ1n) is 6.28. The highest BCUT2D eigenvalue weighted by Crippen LogP contribution is 2.19. The van der Waals surface area contributed by atoms with E-state index in [1.165, 1.54) is 0 Å². The minimum atomic E-state index is 0.333. The number of hydrogen-bond acceptors (Lipinski definition) is 3. The molecule has 0 unspecified atom stereocenters. The van der Waals surface area contributed by atoms with E-state index in [4.69, 9.17) is 4.74 Å². The summed E-state index contributed by atoms with van der Waals surface area (Å²) in [6, 6.07) is 4.01. The van der Waals surface area contributed by atoms with Gasteiger partial charge in [0.2, 0.25) is 0 Å². The maximum atomic E-state index is 5.70. The quantitative estimate of drug-likeness (QED) is 0.768. The minimum Gasteiger partial charge on any atom is -0.377 e. The lowest BCUT2D eigenvalue weighted by Crippen LogP contribution is -2.10. The molecular weight excluding hydrogens is 212 g/mol. The number of nitrogens with zero attached hydrogens (tertiary/aromatic N) is 1. The molecule has 1 aromatic heterocycles. The Bertz CT molecular complexity index is 331. The third-order valence-corrected chi connectivity index (χ3v) is 2.49. The van der Waals surface area contributed by atoms with Crippen molar-refractivity contribution in [3.63, 3.8) is 0 Å². The summed E-state index contributed by atoms with van der Waals surface area (Å²) in [6.07, 6.45) is 2.88. The molecule has 0 aromatic carbocycles. The van der Waals surface area contributed by atoms with Gasteiger partial charge in [-0.2, -0.15) is 0 Å². The van der Waals surface area contributed by atoms with Gasteiger partial charge in [-0.1, -0.05) is 26.8 Å². The molecule has 0 aliphatic rings. The number of nitrogens with one attached hydrogen (secondary N) is 1. The Balaban J connectivity index is 2.41. The molecule has 96 valence electrons. The molecule has 17 heavy (non-hydrogen) atoms. The van der Waals surface area contributed by atoms with Crippen LogP contribution in [0.15, 0.2) is 18.3 Å². The Labute approximate surface area is 105 Å². The van der Waals surface area contributed by atoms with Crippen LogP contribution >= 0.6 is 0 Å². The van der Waals surface area contributed by atoms with Crippen molar-refractivity contribution < 1.29 is 4.74 Å². The maximum Gasteiger partial charge on any atom is 0.131 e. The number of ether oxygens (including phenoxy) is 1. The molecule has 1 heterocycles. The van der Waals surface area contributed by atoms with Gasteiger partial charge in [0.1, 0.15) is 5.82 Å². The summed E-state index contributed by atoms with van der Waals surface area (Å²) >= 11 is 0. The number of pyridine rings is 1. The fraction of sp³-hybridized carbons (Fsp3) is 0.643. The first-order chi connectivity index (χ1) is 8.03. The van der Waals surface area contributed by atoms with Crippen LogP contribution in [0.25, 0.3) is 0 Å². The third-order valence-electron chi connectivity index (χ3n) is 2.49. The van der Waals surface area contributed by atoms with E-state index < -0.39 is 0 Å². The number of aromatic nitrogens is 1. The highest BCUT2D eigenvalue weighted by Gasteiger charge is 2.09. The molecule has 1 rings (SSSR count). The van der Waals surface area contributed by atoms with Crippen LogP contribution in [-0.4, -0.2) is 18.1 Å². The molecule has 0 saturated carbocycles. The summed E-state index contributed by atoms with van der Waals surface area (Å²) in [6.45, 7) is 11.1. The van der Waals surface area contributed by atoms with Crippen molar-refractivity contribution in [1.82, 2.24) is 4.98 Å². The monoisotopic (exact) mass is 236 g/mol. The molecule has 0 atom stereocenters. The Morgan fingerprint density at radius 3 is 2.76 bits per heavy atom. The van der Waals surface area contributed by atoms with E-state index in [0.29, 0.717) is 12.0 Å². The topological polar surface area (TPSA) is 34.2 Å². The fourth-order valence-corrected chi connectivity index (χ4v) is 1.44. The molecule has 3 nitrogen and oxygen atoms in total. The fourth-order valence-electron chi connectivity index (χ4n) is 1.44. The standard InChI is InChI=1S/C14H24N2O/c1-5-15-13-12(7-6-9-16-13)11-17-10-8-14(2,3)4/h6-7,9H,5,8,10-11H2,1-4H3,(H,15,16). The second kappa shape index (κ2) is 6.60. The van der Waals surface area contributed by atoms with Gasteiger partial charge in [-0.3, -0.25) is 0 Å². The Kier molecular flexibility index (Phi) is 5.42. The van der Waals surface area contributed by atoms with Crippen LogP contribution in [0.3, 0.4) is 0 Å². The summed E-state index contributed by atoms with van der Waals surface area (Å²) in [5, 5.41) is 3.24. The van der Waals surface area contributed by atoms with Crippen LogP contribution in [0, 0.1) is 5.41 Å². The summed E-state index contributed by atoms with van der Waals surface area (Å²) in [5.74, 6) is 0.936. The molecule has 0 aliphatic heterocycles. The van der Waals surface area contributed by atoms with Crippen LogP contribution in [0.2, 0.25) is 0 Å². The second-order valence-corrected chi connectivity index (χ2v) is 5.40. The number of rotatable bonds is 6. The van der Waals surface area contributed by atoms with Gasteiger partial charge >= 0.3 is 0 Å².